The van der Waals surface area contributed by atoms with Gasteiger partial charge in [-0.1, -0.05) is 23.7 Å². The van der Waals surface area contributed by atoms with Crippen LogP contribution >= 0.6 is 11.6 Å². The van der Waals surface area contributed by atoms with Gasteiger partial charge in [0.05, 0.1) is 32.8 Å². The third-order valence-corrected chi connectivity index (χ3v) is 5.07. The Morgan fingerprint density at radius 3 is 2.80 bits per heavy atom. The molecule has 2 aromatic carbocycles. The summed E-state index contributed by atoms with van der Waals surface area (Å²) in [5, 5.41) is 3.28. The molecule has 0 aliphatic carbocycles. The fourth-order valence-electron chi connectivity index (χ4n) is 2.68. The van der Waals surface area contributed by atoms with Crippen LogP contribution in [0.15, 0.2) is 35.2 Å². The highest BCUT2D eigenvalue weighted by Crippen LogP contribution is 2.38. The van der Waals surface area contributed by atoms with Crippen LogP contribution in [0.5, 0.6) is 11.5 Å². The maximum Gasteiger partial charge on any atom is 0.228 e. The minimum Gasteiger partial charge on any atom is -0.486 e. The minimum atomic E-state index is -1.19. The van der Waals surface area contributed by atoms with Crippen molar-refractivity contribution in [1.29, 1.82) is 0 Å². The van der Waals surface area contributed by atoms with Gasteiger partial charge in [0.1, 0.15) is 13.2 Å². The van der Waals surface area contributed by atoms with E-state index in [4.69, 9.17) is 21.1 Å². The largest absolute Gasteiger partial charge is 0.486 e. The van der Waals surface area contributed by atoms with Gasteiger partial charge >= 0.3 is 0 Å². The third-order valence-electron chi connectivity index (χ3n) is 3.83. The number of para-hydroxylation sites is 1. The average Bonchev–Trinajstić information content (AvgIpc) is 2.56. The van der Waals surface area contributed by atoms with E-state index in [1.165, 1.54) is 0 Å². The van der Waals surface area contributed by atoms with Crippen LogP contribution in [0.2, 0.25) is 5.02 Å². The number of carbonyl (C=O) groups excluding carboxylic acids is 1. The fraction of sp³-hybridized carbons (Fsp3) is 0.278. The standard InChI is InChI=1S/C18H18ClNO4S/c1-11-4-3-5-15(25(2)22)17(11)20-16(21)10-12-8-13(19)18-14(9-12)23-6-7-24-18/h3-5,8-9H,6-7,10H2,1-2H3,(H,20,21)/t25-/m0/s1. The Morgan fingerprint density at radius 1 is 1.28 bits per heavy atom. The van der Waals surface area contributed by atoms with Crippen molar-refractivity contribution in [2.24, 2.45) is 0 Å². The van der Waals surface area contributed by atoms with Crippen LogP contribution in [0.25, 0.3) is 0 Å². The van der Waals surface area contributed by atoms with Gasteiger partial charge < -0.3 is 14.8 Å². The summed E-state index contributed by atoms with van der Waals surface area (Å²) >= 11 is 6.21. The van der Waals surface area contributed by atoms with Crippen LogP contribution < -0.4 is 14.8 Å². The van der Waals surface area contributed by atoms with Gasteiger partial charge in [-0.2, -0.15) is 0 Å². The van der Waals surface area contributed by atoms with Crippen LogP contribution in [-0.2, 0) is 22.0 Å². The summed E-state index contributed by atoms with van der Waals surface area (Å²) in [4.78, 5) is 13.1. The Bertz CT molecular complexity index is 853. The summed E-state index contributed by atoms with van der Waals surface area (Å²) in [6.45, 7) is 2.78. The highest BCUT2D eigenvalue weighted by atomic mass is 35.5. The molecule has 0 radical (unpaired) electrons. The lowest BCUT2D eigenvalue weighted by Gasteiger charge is -2.20. The average molecular weight is 380 g/mol. The smallest absolute Gasteiger partial charge is 0.228 e. The van der Waals surface area contributed by atoms with E-state index in [2.05, 4.69) is 5.32 Å². The van der Waals surface area contributed by atoms with Gasteiger partial charge in [0.25, 0.3) is 0 Å². The Hall–Kier alpha value is -2.05. The molecular formula is C18H18ClNO4S. The molecule has 132 valence electrons. The van der Waals surface area contributed by atoms with E-state index in [9.17, 15) is 9.00 Å². The number of amides is 1. The maximum atomic E-state index is 12.5. The van der Waals surface area contributed by atoms with E-state index in [0.29, 0.717) is 40.3 Å². The van der Waals surface area contributed by atoms with Crippen molar-refractivity contribution >= 4 is 34.0 Å². The van der Waals surface area contributed by atoms with Crippen molar-refractivity contribution in [3.63, 3.8) is 0 Å². The van der Waals surface area contributed by atoms with Gasteiger partial charge in [-0.05, 0) is 36.2 Å². The predicted octanol–water partition coefficient (Wildman–Crippen LogP) is 3.34. The first-order chi connectivity index (χ1) is 12.0. The van der Waals surface area contributed by atoms with Crippen LogP contribution in [0.3, 0.4) is 0 Å². The molecule has 7 heteroatoms. The number of nitrogens with one attached hydrogen (secondary N) is 1. The topological polar surface area (TPSA) is 64.6 Å². The summed E-state index contributed by atoms with van der Waals surface area (Å²) in [5.74, 6) is 0.848. The lowest BCUT2D eigenvalue weighted by molar-refractivity contribution is -0.115. The highest BCUT2D eigenvalue weighted by molar-refractivity contribution is 7.84. The molecule has 25 heavy (non-hydrogen) atoms. The fourth-order valence-corrected chi connectivity index (χ4v) is 3.73. The molecule has 1 heterocycles. The minimum absolute atomic E-state index is 0.125. The zero-order valence-corrected chi connectivity index (χ0v) is 15.5. The third kappa shape index (κ3) is 3.96. The number of hydrogen-bond donors (Lipinski definition) is 1. The Labute approximate surface area is 153 Å². The lowest BCUT2D eigenvalue weighted by atomic mass is 10.1. The molecule has 1 aliphatic heterocycles. The van der Waals surface area contributed by atoms with E-state index in [-0.39, 0.29) is 12.3 Å². The molecule has 0 unspecified atom stereocenters. The van der Waals surface area contributed by atoms with E-state index < -0.39 is 10.8 Å². The van der Waals surface area contributed by atoms with Gasteiger partial charge in [-0.3, -0.25) is 9.00 Å². The second kappa shape index (κ2) is 7.45. The van der Waals surface area contributed by atoms with E-state index in [1.54, 1.807) is 24.5 Å². The molecule has 0 bridgehead atoms. The molecule has 0 aromatic heterocycles. The number of ether oxygens (including phenoxy) is 2. The quantitative estimate of drug-likeness (QED) is 0.884. The molecular weight excluding hydrogens is 362 g/mol. The van der Waals surface area contributed by atoms with Crippen LogP contribution in [0, 0.1) is 6.92 Å². The zero-order chi connectivity index (χ0) is 18.0. The molecule has 5 nitrogen and oxygen atoms in total. The molecule has 2 aromatic rings. The van der Waals surface area contributed by atoms with Crippen LogP contribution in [-0.4, -0.2) is 29.6 Å². The summed E-state index contributed by atoms with van der Waals surface area (Å²) in [5.41, 5.74) is 2.18. The number of benzene rings is 2. The number of halogens is 1. The van der Waals surface area contributed by atoms with Crippen molar-refractivity contribution in [2.45, 2.75) is 18.2 Å². The van der Waals surface area contributed by atoms with E-state index in [0.717, 1.165) is 11.1 Å². The summed E-state index contributed by atoms with van der Waals surface area (Å²) in [7, 11) is -1.19. The Balaban J connectivity index is 1.80. The normalized spacial score (nSPS) is 14.0. The molecule has 0 spiro atoms. The number of rotatable bonds is 4. The second-order valence-electron chi connectivity index (χ2n) is 5.73. The van der Waals surface area contributed by atoms with Crippen molar-refractivity contribution in [3.05, 3.63) is 46.5 Å². The van der Waals surface area contributed by atoms with Gasteiger partial charge in [-0.15, -0.1) is 0 Å². The molecule has 0 saturated carbocycles. The molecule has 1 amide bonds. The second-order valence-corrected chi connectivity index (χ2v) is 7.48. The van der Waals surface area contributed by atoms with Crippen molar-refractivity contribution < 1.29 is 18.5 Å². The number of aryl methyl sites for hydroxylation is 1. The molecule has 0 fully saturated rings. The van der Waals surface area contributed by atoms with Crippen LogP contribution in [0.1, 0.15) is 11.1 Å². The summed E-state index contributed by atoms with van der Waals surface area (Å²) in [6, 6.07) is 8.90. The number of hydrogen-bond acceptors (Lipinski definition) is 4. The lowest BCUT2D eigenvalue weighted by Crippen LogP contribution is -2.18. The van der Waals surface area contributed by atoms with E-state index in [1.807, 2.05) is 19.1 Å². The van der Waals surface area contributed by atoms with Crippen molar-refractivity contribution in [3.8, 4) is 11.5 Å². The predicted molar refractivity (Wildman–Crippen MR) is 98.3 cm³/mol. The van der Waals surface area contributed by atoms with Gasteiger partial charge in [0.15, 0.2) is 11.5 Å². The Morgan fingerprint density at radius 2 is 2.04 bits per heavy atom. The number of carbonyl (C=O) groups is 1. The van der Waals surface area contributed by atoms with E-state index >= 15 is 0 Å². The first kappa shape index (κ1) is 17.8. The molecule has 3 rings (SSSR count). The zero-order valence-electron chi connectivity index (χ0n) is 13.9. The first-order valence-electron chi connectivity index (χ1n) is 7.76. The van der Waals surface area contributed by atoms with Crippen molar-refractivity contribution in [2.75, 3.05) is 24.8 Å². The van der Waals surface area contributed by atoms with Crippen molar-refractivity contribution in [1.82, 2.24) is 0 Å². The Kier molecular flexibility index (Phi) is 5.30. The SMILES string of the molecule is Cc1cccc([S@](C)=O)c1NC(=O)Cc1cc(Cl)c2c(c1)OCCO2. The molecule has 1 aliphatic rings. The molecule has 1 N–H and O–H groups in total. The summed E-state index contributed by atoms with van der Waals surface area (Å²) in [6.07, 6.45) is 1.71. The van der Waals surface area contributed by atoms with Gasteiger partial charge in [-0.25, -0.2) is 0 Å². The number of anilines is 1. The maximum absolute atomic E-state index is 12.5. The van der Waals surface area contributed by atoms with Crippen LogP contribution in [0.4, 0.5) is 5.69 Å². The van der Waals surface area contributed by atoms with Gasteiger partial charge in [0, 0.05) is 6.26 Å². The van der Waals surface area contributed by atoms with Gasteiger partial charge in [0.2, 0.25) is 5.91 Å². The molecule has 1 atom stereocenters. The highest BCUT2D eigenvalue weighted by Gasteiger charge is 2.18. The summed E-state index contributed by atoms with van der Waals surface area (Å²) < 4.78 is 22.9. The monoisotopic (exact) mass is 379 g/mol. The number of fused-ring (bicyclic) bond motifs is 1. The molecule has 0 saturated heterocycles. The first-order valence-corrected chi connectivity index (χ1v) is 9.70.